The molecule has 3 aromatic rings. The van der Waals surface area contributed by atoms with Crippen LogP contribution in [0.1, 0.15) is 35.8 Å². The number of fused-ring (bicyclic) bond motifs is 1. The van der Waals surface area contributed by atoms with Gasteiger partial charge in [0.15, 0.2) is 5.65 Å². The second-order valence-electron chi connectivity index (χ2n) is 6.05. The molecule has 4 rings (SSSR count). The van der Waals surface area contributed by atoms with Gasteiger partial charge in [-0.1, -0.05) is 0 Å². The van der Waals surface area contributed by atoms with Gasteiger partial charge in [0.2, 0.25) is 0 Å². The van der Waals surface area contributed by atoms with Crippen molar-refractivity contribution in [1.29, 1.82) is 0 Å². The molecule has 0 saturated heterocycles. The zero-order valence-electron chi connectivity index (χ0n) is 13.0. The molecular weight excluding hydrogens is 310 g/mol. The first-order valence-corrected chi connectivity index (χ1v) is 8.48. The van der Waals surface area contributed by atoms with Crippen molar-refractivity contribution in [3.05, 3.63) is 35.8 Å². The molecule has 23 heavy (non-hydrogen) atoms. The van der Waals surface area contributed by atoms with Crippen LogP contribution >= 0.6 is 11.5 Å². The van der Waals surface area contributed by atoms with Gasteiger partial charge < -0.3 is 5.32 Å². The number of carbonyl (C=O) groups is 1. The number of amides is 1. The average Bonchev–Trinajstić information content (AvgIpc) is 3.07. The van der Waals surface area contributed by atoms with Gasteiger partial charge in [-0.25, -0.2) is 13.9 Å². The maximum absolute atomic E-state index is 12.6. The fourth-order valence-electron chi connectivity index (χ4n) is 2.75. The number of aromatic nitrogens is 4. The van der Waals surface area contributed by atoms with E-state index in [9.17, 15) is 4.79 Å². The number of aryl methyl sites for hydroxylation is 1. The number of nitrogens with zero attached hydrogens (tertiary/aromatic N) is 4. The van der Waals surface area contributed by atoms with E-state index in [1.807, 2.05) is 19.1 Å². The predicted molar refractivity (Wildman–Crippen MR) is 88.5 cm³/mol. The van der Waals surface area contributed by atoms with E-state index in [0.717, 1.165) is 16.3 Å². The van der Waals surface area contributed by atoms with E-state index in [-0.39, 0.29) is 11.9 Å². The van der Waals surface area contributed by atoms with Crippen molar-refractivity contribution in [2.24, 2.45) is 5.92 Å². The van der Waals surface area contributed by atoms with Crippen LogP contribution in [0.3, 0.4) is 0 Å². The van der Waals surface area contributed by atoms with Crippen molar-refractivity contribution in [3.8, 4) is 10.6 Å². The van der Waals surface area contributed by atoms with E-state index >= 15 is 0 Å². The van der Waals surface area contributed by atoms with Gasteiger partial charge in [-0.3, -0.25) is 4.79 Å². The molecule has 0 spiro atoms. The summed E-state index contributed by atoms with van der Waals surface area (Å²) < 4.78 is 5.83. The van der Waals surface area contributed by atoms with Crippen molar-refractivity contribution in [2.45, 2.75) is 32.7 Å². The third-order valence-corrected chi connectivity index (χ3v) is 5.04. The van der Waals surface area contributed by atoms with Gasteiger partial charge in [0.05, 0.1) is 16.8 Å². The summed E-state index contributed by atoms with van der Waals surface area (Å²) in [6.45, 7) is 4.02. The van der Waals surface area contributed by atoms with Crippen LogP contribution in [0.4, 0.5) is 0 Å². The Morgan fingerprint density at radius 1 is 1.48 bits per heavy atom. The molecule has 1 atom stereocenters. The first kappa shape index (κ1) is 14.3. The number of rotatable bonds is 4. The minimum Gasteiger partial charge on any atom is -0.349 e. The van der Waals surface area contributed by atoms with Crippen LogP contribution in [0, 0.1) is 12.8 Å². The molecule has 3 aromatic heterocycles. The van der Waals surface area contributed by atoms with Gasteiger partial charge in [-0.15, -0.1) is 0 Å². The summed E-state index contributed by atoms with van der Waals surface area (Å²) in [5.74, 6) is 0.510. The topological polar surface area (TPSA) is 72.2 Å². The SMILES string of the molecule is Cc1cc(-c2ccns2)nc2c(C(=O)N[C@H](C)C3CC3)cnn12. The highest BCUT2D eigenvalue weighted by atomic mass is 32.1. The molecule has 118 valence electrons. The zero-order chi connectivity index (χ0) is 16.0. The molecule has 0 radical (unpaired) electrons. The van der Waals surface area contributed by atoms with Gasteiger partial charge >= 0.3 is 0 Å². The molecule has 1 fully saturated rings. The maximum atomic E-state index is 12.6. The quantitative estimate of drug-likeness (QED) is 0.799. The summed E-state index contributed by atoms with van der Waals surface area (Å²) in [6.07, 6.45) is 5.75. The summed E-state index contributed by atoms with van der Waals surface area (Å²) in [4.78, 5) is 18.2. The van der Waals surface area contributed by atoms with Crippen LogP contribution in [0.2, 0.25) is 0 Å². The van der Waals surface area contributed by atoms with E-state index in [0.29, 0.717) is 17.1 Å². The summed E-state index contributed by atoms with van der Waals surface area (Å²) in [6, 6.07) is 4.08. The molecule has 1 amide bonds. The molecule has 0 aliphatic heterocycles. The molecule has 0 unspecified atom stereocenters. The molecular formula is C16H17N5OS. The lowest BCUT2D eigenvalue weighted by molar-refractivity contribution is 0.0937. The molecule has 7 heteroatoms. The van der Waals surface area contributed by atoms with Crippen LogP contribution in [0.5, 0.6) is 0 Å². The highest BCUT2D eigenvalue weighted by Crippen LogP contribution is 2.32. The Morgan fingerprint density at radius 3 is 3.00 bits per heavy atom. The summed E-state index contributed by atoms with van der Waals surface area (Å²) in [5.41, 5.74) is 2.87. The van der Waals surface area contributed by atoms with Gasteiger partial charge in [0, 0.05) is 17.9 Å². The average molecular weight is 327 g/mol. The summed E-state index contributed by atoms with van der Waals surface area (Å²) in [7, 11) is 0. The minimum atomic E-state index is -0.104. The van der Waals surface area contributed by atoms with Crippen LogP contribution in [-0.2, 0) is 0 Å². The maximum Gasteiger partial charge on any atom is 0.256 e. The molecule has 0 bridgehead atoms. The lowest BCUT2D eigenvalue weighted by Crippen LogP contribution is -2.34. The molecule has 1 saturated carbocycles. The van der Waals surface area contributed by atoms with Crippen molar-refractivity contribution < 1.29 is 4.79 Å². The summed E-state index contributed by atoms with van der Waals surface area (Å²) >= 11 is 1.39. The number of hydrogen-bond donors (Lipinski definition) is 1. The van der Waals surface area contributed by atoms with Gasteiger partial charge in [-0.2, -0.15) is 5.10 Å². The lowest BCUT2D eigenvalue weighted by Gasteiger charge is -2.12. The highest BCUT2D eigenvalue weighted by molar-refractivity contribution is 7.09. The van der Waals surface area contributed by atoms with E-state index in [4.69, 9.17) is 0 Å². The molecule has 0 aromatic carbocycles. The van der Waals surface area contributed by atoms with E-state index < -0.39 is 0 Å². The fourth-order valence-corrected chi connectivity index (χ4v) is 3.30. The smallest absolute Gasteiger partial charge is 0.256 e. The standard InChI is InChI=1S/C16H17N5OS/c1-9-7-13(14-5-6-18-23-14)20-15-12(8-17-21(9)15)16(22)19-10(2)11-3-4-11/h5-8,10-11H,3-4H2,1-2H3,(H,19,22)/t10-/m1/s1. The van der Waals surface area contributed by atoms with Crippen LogP contribution in [0.25, 0.3) is 16.2 Å². The summed E-state index contributed by atoms with van der Waals surface area (Å²) in [5, 5.41) is 7.38. The Labute approximate surface area is 137 Å². The van der Waals surface area contributed by atoms with Crippen molar-refractivity contribution in [2.75, 3.05) is 0 Å². The van der Waals surface area contributed by atoms with Crippen LogP contribution < -0.4 is 5.32 Å². The number of hydrogen-bond acceptors (Lipinski definition) is 5. The predicted octanol–water partition coefficient (Wildman–Crippen LogP) is 2.69. The van der Waals surface area contributed by atoms with Gasteiger partial charge in [0.1, 0.15) is 5.56 Å². The second-order valence-corrected chi connectivity index (χ2v) is 6.89. The van der Waals surface area contributed by atoms with Crippen molar-refractivity contribution in [3.63, 3.8) is 0 Å². The Balaban J connectivity index is 1.73. The van der Waals surface area contributed by atoms with Crippen LogP contribution in [-0.4, -0.2) is 30.9 Å². The van der Waals surface area contributed by atoms with Crippen molar-refractivity contribution >= 4 is 23.1 Å². The largest absolute Gasteiger partial charge is 0.349 e. The van der Waals surface area contributed by atoms with Gasteiger partial charge in [0.25, 0.3) is 5.91 Å². The highest BCUT2D eigenvalue weighted by Gasteiger charge is 2.29. The molecule has 1 N–H and O–H groups in total. The second kappa shape index (κ2) is 5.42. The lowest BCUT2D eigenvalue weighted by atomic mass is 10.2. The van der Waals surface area contributed by atoms with E-state index in [1.54, 1.807) is 16.9 Å². The Hall–Kier alpha value is -2.28. The van der Waals surface area contributed by atoms with Crippen molar-refractivity contribution in [1.82, 2.24) is 24.3 Å². The number of carbonyl (C=O) groups excluding carboxylic acids is 1. The molecule has 6 nitrogen and oxygen atoms in total. The molecule has 3 heterocycles. The zero-order valence-corrected chi connectivity index (χ0v) is 13.8. The van der Waals surface area contributed by atoms with E-state index in [1.165, 1.54) is 24.4 Å². The third-order valence-electron chi connectivity index (χ3n) is 4.27. The molecule has 1 aliphatic rings. The third kappa shape index (κ3) is 2.61. The molecule has 1 aliphatic carbocycles. The van der Waals surface area contributed by atoms with E-state index in [2.05, 4.69) is 26.7 Å². The Bertz CT molecular complexity index is 866. The normalized spacial score (nSPS) is 15.7. The van der Waals surface area contributed by atoms with Crippen LogP contribution in [0.15, 0.2) is 24.5 Å². The first-order valence-electron chi connectivity index (χ1n) is 7.71. The first-order chi connectivity index (χ1) is 11.1. The Kier molecular flexibility index (Phi) is 3.37. The minimum absolute atomic E-state index is 0.104. The fraction of sp³-hybridized carbons (Fsp3) is 0.375. The monoisotopic (exact) mass is 327 g/mol. The van der Waals surface area contributed by atoms with Gasteiger partial charge in [-0.05, 0) is 56.3 Å². The number of nitrogens with one attached hydrogen (secondary N) is 1. The Morgan fingerprint density at radius 2 is 2.30 bits per heavy atom.